The molecule has 0 aliphatic heterocycles. The number of unbranched alkanes of at least 4 members (excludes halogenated alkanes) is 5. The first-order valence-electron chi connectivity index (χ1n) is 14.4. The third-order valence-corrected chi connectivity index (χ3v) is 8.10. The Balaban J connectivity index is 0. The van der Waals surface area contributed by atoms with Crippen molar-refractivity contribution in [2.45, 2.75) is 158 Å². The Morgan fingerprint density at radius 2 is 1.03 bits per heavy atom. The maximum atomic E-state index is 12.6. The zero-order valence-electron chi connectivity index (χ0n) is 24.1. The largest absolute Gasteiger partial charge is 1.00 e. The van der Waals surface area contributed by atoms with Gasteiger partial charge in [0.25, 0.3) is 0 Å². The molecular formula is C30H59LiO2. The van der Waals surface area contributed by atoms with Crippen LogP contribution in [0.5, 0.6) is 0 Å². The van der Waals surface area contributed by atoms with Crippen molar-refractivity contribution in [2.24, 2.45) is 29.1 Å². The number of hydrogen-bond donors (Lipinski definition) is 0. The summed E-state index contributed by atoms with van der Waals surface area (Å²) in [5.41, 5.74) is -0.629. The van der Waals surface area contributed by atoms with Crippen LogP contribution >= 0.6 is 0 Å². The summed E-state index contributed by atoms with van der Waals surface area (Å²) in [7, 11) is 0. The van der Waals surface area contributed by atoms with Crippen LogP contribution in [0.25, 0.3) is 0 Å². The third kappa shape index (κ3) is 17.2. The fourth-order valence-corrected chi connectivity index (χ4v) is 5.38. The molecule has 0 saturated carbocycles. The van der Waals surface area contributed by atoms with Gasteiger partial charge in [-0.3, -0.25) is 0 Å². The van der Waals surface area contributed by atoms with Crippen molar-refractivity contribution in [3.63, 3.8) is 0 Å². The number of carbonyl (C=O) groups is 1. The third-order valence-electron chi connectivity index (χ3n) is 8.10. The van der Waals surface area contributed by atoms with Crippen LogP contribution in [0.15, 0.2) is 0 Å². The first kappa shape index (κ1) is 35.2. The molecule has 0 spiro atoms. The van der Waals surface area contributed by atoms with Gasteiger partial charge in [0.05, 0.1) is 0 Å². The van der Waals surface area contributed by atoms with E-state index in [0.717, 1.165) is 50.4 Å². The number of carbonyl (C=O) groups excluding carboxylic acids is 1. The molecule has 0 saturated heterocycles. The van der Waals surface area contributed by atoms with E-state index in [4.69, 9.17) is 0 Å². The second-order valence-corrected chi connectivity index (χ2v) is 11.6. The van der Waals surface area contributed by atoms with Crippen molar-refractivity contribution in [3.05, 3.63) is 0 Å². The summed E-state index contributed by atoms with van der Waals surface area (Å²) in [6, 6.07) is 0. The van der Waals surface area contributed by atoms with E-state index in [-0.39, 0.29) is 18.9 Å². The van der Waals surface area contributed by atoms with E-state index in [9.17, 15) is 9.90 Å². The van der Waals surface area contributed by atoms with Crippen LogP contribution in [-0.4, -0.2) is 5.97 Å². The van der Waals surface area contributed by atoms with Crippen molar-refractivity contribution >= 4 is 5.97 Å². The molecule has 0 aromatic rings. The van der Waals surface area contributed by atoms with Crippen LogP contribution in [0.2, 0.25) is 0 Å². The van der Waals surface area contributed by atoms with E-state index in [1.165, 1.54) is 70.6 Å². The number of rotatable bonds is 22. The molecule has 0 heterocycles. The first-order chi connectivity index (χ1) is 15.2. The first-order valence-corrected chi connectivity index (χ1v) is 14.4. The molecule has 0 rings (SSSR count). The molecule has 3 heteroatoms. The molecule has 0 aromatic carbocycles. The Bertz CT molecular complexity index is 427. The standard InChI is InChI=1S/C30H60O2.Li/c1-8-11-12-13-14-15-22-30(29(31)32,23-27(6)20-16-18-25(4)9-2)24-28(7)21-17-19-26(5)10-3;/h25-28H,8-24H2,1-7H3,(H,31,32);/q;+1/p-1. The minimum Gasteiger partial charge on any atom is -0.550 e. The van der Waals surface area contributed by atoms with Crippen molar-refractivity contribution in [1.82, 2.24) is 0 Å². The molecule has 0 bridgehead atoms. The summed E-state index contributed by atoms with van der Waals surface area (Å²) < 4.78 is 0. The maximum Gasteiger partial charge on any atom is 1.00 e. The van der Waals surface area contributed by atoms with Crippen LogP contribution in [-0.2, 0) is 4.79 Å². The summed E-state index contributed by atoms with van der Waals surface area (Å²) in [6.45, 7) is 16.0. The van der Waals surface area contributed by atoms with Crippen molar-refractivity contribution < 1.29 is 28.8 Å². The van der Waals surface area contributed by atoms with Gasteiger partial charge in [-0.15, -0.1) is 0 Å². The number of hydrogen-bond acceptors (Lipinski definition) is 2. The molecule has 0 radical (unpaired) electrons. The average Bonchev–Trinajstić information content (AvgIpc) is 2.75. The number of carboxylic acids is 1. The van der Waals surface area contributed by atoms with Gasteiger partial charge in [0.1, 0.15) is 0 Å². The Kier molecular flexibility index (Phi) is 22.8. The van der Waals surface area contributed by atoms with Gasteiger partial charge in [-0.25, -0.2) is 0 Å². The van der Waals surface area contributed by atoms with E-state index in [2.05, 4.69) is 48.5 Å². The van der Waals surface area contributed by atoms with Crippen molar-refractivity contribution in [1.29, 1.82) is 0 Å². The summed E-state index contributed by atoms with van der Waals surface area (Å²) in [6.07, 6.45) is 19.5. The van der Waals surface area contributed by atoms with Gasteiger partial charge in [-0.05, 0) is 42.9 Å². The Hall–Kier alpha value is 0.0674. The Morgan fingerprint density at radius 3 is 1.42 bits per heavy atom. The van der Waals surface area contributed by atoms with Gasteiger partial charge in [-0.1, -0.05) is 138 Å². The molecule has 192 valence electrons. The van der Waals surface area contributed by atoms with Crippen LogP contribution < -0.4 is 24.0 Å². The summed E-state index contributed by atoms with van der Waals surface area (Å²) in [5, 5.41) is 12.6. The fraction of sp³-hybridized carbons (Fsp3) is 0.967. The van der Waals surface area contributed by atoms with E-state index in [1.54, 1.807) is 0 Å². The molecule has 0 fully saturated rings. The minimum absolute atomic E-state index is 0. The zero-order chi connectivity index (χ0) is 24.4. The van der Waals surface area contributed by atoms with Gasteiger partial charge in [-0.2, -0.15) is 0 Å². The average molecular weight is 459 g/mol. The summed E-state index contributed by atoms with van der Waals surface area (Å²) in [4.78, 5) is 12.6. The predicted octanol–water partition coefficient (Wildman–Crippen LogP) is 5.96. The molecule has 2 nitrogen and oxygen atoms in total. The zero-order valence-corrected chi connectivity index (χ0v) is 24.1. The SMILES string of the molecule is CCCCCCCCC(CC(C)CCCC(C)CC)(CC(C)CCCC(C)CC)C(=O)[O-].[Li+]. The second-order valence-electron chi connectivity index (χ2n) is 11.6. The molecule has 0 aromatic heterocycles. The van der Waals surface area contributed by atoms with Gasteiger partial charge >= 0.3 is 18.9 Å². The van der Waals surface area contributed by atoms with Crippen LogP contribution in [0.4, 0.5) is 0 Å². The van der Waals surface area contributed by atoms with Crippen LogP contribution in [0.3, 0.4) is 0 Å². The molecule has 0 N–H and O–H groups in total. The van der Waals surface area contributed by atoms with Crippen LogP contribution in [0.1, 0.15) is 158 Å². The van der Waals surface area contributed by atoms with E-state index >= 15 is 0 Å². The Morgan fingerprint density at radius 1 is 0.636 bits per heavy atom. The predicted molar refractivity (Wildman–Crippen MR) is 140 cm³/mol. The molecule has 0 aliphatic carbocycles. The number of carboxylic acid groups (broad SMARTS) is 1. The van der Waals surface area contributed by atoms with E-state index in [1.807, 2.05) is 0 Å². The molecule has 4 unspecified atom stereocenters. The molecular weight excluding hydrogens is 399 g/mol. The normalized spacial score (nSPS) is 16.9. The molecule has 0 aliphatic rings. The van der Waals surface area contributed by atoms with Gasteiger partial charge in [0.15, 0.2) is 0 Å². The second kappa shape index (κ2) is 21.4. The van der Waals surface area contributed by atoms with Crippen LogP contribution in [0, 0.1) is 29.1 Å². The Labute approximate surface area is 221 Å². The topological polar surface area (TPSA) is 40.1 Å². The molecule has 0 amide bonds. The number of aliphatic carboxylic acids is 1. The van der Waals surface area contributed by atoms with Crippen molar-refractivity contribution in [2.75, 3.05) is 0 Å². The van der Waals surface area contributed by atoms with E-state index in [0.29, 0.717) is 11.8 Å². The van der Waals surface area contributed by atoms with Gasteiger partial charge < -0.3 is 9.90 Å². The smallest absolute Gasteiger partial charge is 0.550 e. The summed E-state index contributed by atoms with van der Waals surface area (Å²) >= 11 is 0. The molecule has 33 heavy (non-hydrogen) atoms. The van der Waals surface area contributed by atoms with Crippen molar-refractivity contribution in [3.8, 4) is 0 Å². The quantitative estimate of drug-likeness (QED) is 0.148. The summed E-state index contributed by atoms with van der Waals surface area (Å²) in [5.74, 6) is 1.71. The maximum absolute atomic E-state index is 12.6. The van der Waals surface area contributed by atoms with Gasteiger partial charge in [0.2, 0.25) is 0 Å². The van der Waals surface area contributed by atoms with Gasteiger partial charge in [0, 0.05) is 11.4 Å². The van der Waals surface area contributed by atoms with E-state index < -0.39 is 11.4 Å². The monoisotopic (exact) mass is 458 g/mol. The molecule has 4 atom stereocenters. The minimum atomic E-state index is -0.770. The fourth-order valence-electron chi connectivity index (χ4n) is 5.38.